The minimum atomic E-state index is 0.397. The Hall–Kier alpha value is -7.36. The number of nitrogens with zero attached hydrogens (tertiary/aromatic N) is 6. The summed E-state index contributed by atoms with van der Waals surface area (Å²) in [4.78, 5) is 41.6. The smallest absolute Gasteiger partial charge is 0.168 e. The molecule has 2 N–H and O–H groups in total. The maximum Gasteiger partial charge on any atom is 0.168 e. The largest absolute Gasteiger partial charge is 0.493 e. The summed E-state index contributed by atoms with van der Waals surface area (Å²) in [6.45, 7) is 22.0. The number of nitrogens with one attached hydrogen (secondary N) is 2. The number of ether oxygens (including phenoxy) is 8. The fraction of sp³-hybridized carbons (Fsp3) is 0.600. The van der Waals surface area contributed by atoms with Crippen LogP contribution in [0.1, 0.15) is 261 Å². The van der Waals surface area contributed by atoms with Gasteiger partial charge in [-0.05, 0) is 99.9 Å². The number of hydrogen-bond acceptors (Lipinski definition) is 14. The lowest BCUT2D eigenvalue weighted by molar-refractivity contribution is 0.299. The molecular weight excluding hydrogens is 1200 g/mol. The van der Waals surface area contributed by atoms with Crippen LogP contribution in [0.2, 0.25) is 0 Å². The Kier molecular flexibility index (Phi) is 30.2. The van der Waals surface area contributed by atoms with Crippen molar-refractivity contribution in [2.45, 2.75) is 261 Å². The highest BCUT2D eigenvalue weighted by molar-refractivity contribution is 6.13. The molecule has 0 fully saturated rings. The third-order valence-corrected chi connectivity index (χ3v) is 18.2. The molecule has 0 radical (unpaired) electrons. The van der Waals surface area contributed by atoms with Crippen molar-refractivity contribution in [3.63, 3.8) is 0 Å². The van der Waals surface area contributed by atoms with Gasteiger partial charge in [-0.15, -0.1) is 0 Å². The van der Waals surface area contributed by atoms with E-state index in [0.29, 0.717) is 189 Å². The molecule has 2 aliphatic rings. The van der Waals surface area contributed by atoms with E-state index in [1.54, 1.807) is 0 Å². The van der Waals surface area contributed by atoms with E-state index in [1.807, 2.05) is 48.5 Å². The van der Waals surface area contributed by atoms with Crippen molar-refractivity contribution in [2.75, 3.05) is 52.9 Å². The summed E-state index contributed by atoms with van der Waals surface area (Å²) in [5.74, 6) is 6.76. The number of benzene rings is 4. The van der Waals surface area contributed by atoms with Crippen LogP contribution >= 0.6 is 0 Å². The maximum absolute atomic E-state index is 6.93. The molecule has 7 aromatic rings. The van der Waals surface area contributed by atoms with Crippen LogP contribution in [0.4, 0.5) is 0 Å². The van der Waals surface area contributed by atoms with Crippen LogP contribution in [0, 0.1) is 0 Å². The Bertz CT molecular complexity index is 3230. The molecule has 0 atom stereocenters. The summed E-state index contributed by atoms with van der Waals surface area (Å²) in [7, 11) is 0. The Balaban J connectivity index is 1.45. The molecular formula is C80H114N8O8. The van der Waals surface area contributed by atoms with Gasteiger partial charge in [0.1, 0.15) is 68.6 Å². The normalized spacial score (nSPS) is 11.8. The third kappa shape index (κ3) is 19.5. The van der Waals surface area contributed by atoms with Gasteiger partial charge < -0.3 is 47.9 Å². The Labute approximate surface area is 573 Å². The molecule has 0 spiro atoms. The molecule has 4 aromatic carbocycles. The number of hydrogen-bond donors (Lipinski definition) is 2. The molecule has 16 heteroatoms. The summed E-state index contributed by atoms with van der Waals surface area (Å²) in [6.07, 6.45) is 33.5. The maximum atomic E-state index is 6.93. The Morgan fingerprint density at radius 2 is 0.375 bits per heavy atom. The zero-order valence-corrected chi connectivity index (χ0v) is 59.9. The second-order valence-corrected chi connectivity index (χ2v) is 26.1. The molecule has 2 aliphatic heterocycles. The van der Waals surface area contributed by atoms with Gasteiger partial charge in [0, 0.05) is 0 Å². The molecule has 16 nitrogen and oxygen atoms in total. The molecule has 522 valence electrons. The van der Waals surface area contributed by atoms with Crippen molar-refractivity contribution in [1.29, 1.82) is 0 Å². The summed E-state index contributed by atoms with van der Waals surface area (Å²) >= 11 is 0. The number of aromatic nitrogens is 8. The molecule has 5 heterocycles. The lowest BCUT2D eigenvalue weighted by Gasteiger charge is -2.15. The van der Waals surface area contributed by atoms with Gasteiger partial charge in [-0.2, -0.15) is 0 Å². The van der Waals surface area contributed by atoms with Gasteiger partial charge in [-0.3, -0.25) is 0 Å². The highest BCUT2D eigenvalue weighted by atomic mass is 16.5. The summed E-state index contributed by atoms with van der Waals surface area (Å²) in [6, 6.07) is 16.2. The topological polar surface area (TPSA) is 183 Å². The van der Waals surface area contributed by atoms with Gasteiger partial charge in [0.25, 0.3) is 0 Å². The fourth-order valence-electron chi connectivity index (χ4n) is 12.7. The molecule has 9 rings (SSSR count). The Morgan fingerprint density at radius 3 is 0.552 bits per heavy atom. The minimum Gasteiger partial charge on any atom is -0.493 e. The summed E-state index contributed by atoms with van der Waals surface area (Å²) in [5, 5.41) is 2.86. The van der Waals surface area contributed by atoms with E-state index in [1.165, 1.54) is 0 Å². The lowest BCUT2D eigenvalue weighted by atomic mass is 10.1. The number of H-pyrrole nitrogens is 2. The molecule has 0 saturated carbocycles. The van der Waals surface area contributed by atoms with Crippen molar-refractivity contribution in [3.8, 4) is 91.5 Å². The third-order valence-electron chi connectivity index (χ3n) is 18.2. The van der Waals surface area contributed by atoms with Crippen LogP contribution in [0.5, 0.6) is 46.0 Å². The number of rotatable bonds is 48. The van der Waals surface area contributed by atoms with Crippen molar-refractivity contribution in [3.05, 3.63) is 48.5 Å². The highest BCUT2D eigenvalue weighted by Gasteiger charge is 2.32. The van der Waals surface area contributed by atoms with Crippen molar-refractivity contribution < 1.29 is 37.9 Å². The number of unbranched alkanes of at least 4 members (excludes halogenated alkanes) is 24. The van der Waals surface area contributed by atoms with E-state index in [4.69, 9.17) is 67.8 Å². The van der Waals surface area contributed by atoms with E-state index in [0.717, 1.165) is 205 Å². The molecule has 3 aromatic heterocycles. The van der Waals surface area contributed by atoms with E-state index < -0.39 is 0 Å². The van der Waals surface area contributed by atoms with Gasteiger partial charge in [-0.1, -0.05) is 209 Å². The van der Waals surface area contributed by atoms with E-state index in [2.05, 4.69) is 65.4 Å². The standard InChI is InChI=1S/C80H114N8O8/c1-9-17-25-33-49-89-57-41-42-58(90-50-34-26-18-10-2)66-65(57)73-81-74(66)86-76-69-61(93-53-37-29-21-13-5)45-46-62(94-54-38-30-22-14-6)70(69)78(83-76)88-80-72-64(96-56-40-32-24-16-8)48-47-63(95-55-39-31-23-15-7)71(72)79(84-80)87-77-68-60(92-52-36-28-20-12-4)44-43-59(67(68)75(82-77)85-73)91-51-35-27-19-11-3/h41-48H,9-40,49-56H2,1-8H3,(H2,81,82,83,84,85,86,87,88). The second kappa shape index (κ2) is 39.8. The molecule has 8 bridgehead atoms. The first-order chi connectivity index (χ1) is 47.4. The van der Waals surface area contributed by atoms with Crippen LogP contribution in [0.25, 0.3) is 89.7 Å². The predicted molar refractivity (Wildman–Crippen MR) is 393 cm³/mol. The van der Waals surface area contributed by atoms with Crippen molar-refractivity contribution in [1.82, 2.24) is 39.9 Å². The van der Waals surface area contributed by atoms with Gasteiger partial charge in [0.15, 0.2) is 23.3 Å². The molecule has 0 unspecified atom stereocenters. The first kappa shape index (κ1) is 72.9. The van der Waals surface area contributed by atoms with E-state index >= 15 is 0 Å². The monoisotopic (exact) mass is 1310 g/mol. The number of aromatic amines is 2. The van der Waals surface area contributed by atoms with Gasteiger partial charge >= 0.3 is 0 Å². The quantitative estimate of drug-likeness (QED) is 0.0344. The summed E-state index contributed by atoms with van der Waals surface area (Å²) < 4.78 is 55.4. The predicted octanol–water partition coefficient (Wildman–Crippen LogP) is 22.5. The fourth-order valence-corrected chi connectivity index (χ4v) is 12.7. The zero-order valence-electron chi connectivity index (χ0n) is 59.9. The number of fused-ring (bicyclic) bond motifs is 20. The second-order valence-electron chi connectivity index (χ2n) is 26.1. The summed E-state index contributed by atoms with van der Waals surface area (Å²) in [5.41, 5.74) is 4.68. The van der Waals surface area contributed by atoms with E-state index in [-0.39, 0.29) is 0 Å². The average Bonchev–Trinajstić information content (AvgIpc) is 1.63. The van der Waals surface area contributed by atoms with E-state index in [9.17, 15) is 0 Å². The highest BCUT2D eigenvalue weighted by Crippen LogP contribution is 2.50. The van der Waals surface area contributed by atoms with Gasteiger partial charge in [0.05, 0.1) is 96.7 Å². The van der Waals surface area contributed by atoms with Crippen molar-refractivity contribution in [2.24, 2.45) is 0 Å². The lowest BCUT2D eigenvalue weighted by Crippen LogP contribution is -2.02. The van der Waals surface area contributed by atoms with Crippen LogP contribution in [-0.2, 0) is 0 Å². The first-order valence-corrected chi connectivity index (χ1v) is 37.9. The Morgan fingerprint density at radius 1 is 0.208 bits per heavy atom. The van der Waals surface area contributed by atoms with Crippen molar-refractivity contribution >= 4 is 44.1 Å². The average molecular weight is 1320 g/mol. The van der Waals surface area contributed by atoms with Crippen LogP contribution in [0.15, 0.2) is 48.5 Å². The molecule has 0 saturated heterocycles. The first-order valence-electron chi connectivity index (χ1n) is 37.9. The van der Waals surface area contributed by atoms with Crippen LogP contribution < -0.4 is 37.9 Å². The minimum absolute atomic E-state index is 0.397. The molecule has 0 amide bonds. The zero-order chi connectivity index (χ0) is 67.1. The molecule has 96 heavy (non-hydrogen) atoms. The molecule has 0 aliphatic carbocycles. The van der Waals surface area contributed by atoms with Gasteiger partial charge in [-0.25, -0.2) is 29.9 Å². The SMILES string of the molecule is CCCCCCOc1ccc(OCCCCCC)c2c1-c1nc-2nc2[nH]c(nc3nc(nc4[nH]c(n1)c1c(OCCCCCC)ccc(OCCCCCC)c41)-c1c(OCCCCCC)ccc(OCCCCCC)c1-3)c1c(OCCCCCC)ccc(OCCCCCC)c21. The van der Waals surface area contributed by atoms with Crippen LogP contribution in [0.3, 0.4) is 0 Å². The van der Waals surface area contributed by atoms with Gasteiger partial charge in [0.2, 0.25) is 0 Å². The van der Waals surface area contributed by atoms with Crippen LogP contribution in [-0.4, -0.2) is 92.7 Å².